The number of allylic oxidation sites excluding steroid dienone is 2. The fraction of sp³-hybridized carbons (Fsp3) is 0.309. The predicted octanol–water partition coefficient (Wildman–Crippen LogP) is 7.20. The summed E-state index contributed by atoms with van der Waals surface area (Å²) in [6.07, 6.45) is 36.5. The zero-order chi connectivity index (χ0) is 64.7. The van der Waals surface area contributed by atoms with E-state index in [1.807, 2.05) is 82.7 Å². The van der Waals surface area contributed by atoms with Gasteiger partial charge in [-0.05, 0) is 203 Å². The van der Waals surface area contributed by atoms with Crippen LogP contribution in [0.1, 0.15) is 104 Å². The van der Waals surface area contributed by atoms with Crippen LogP contribution in [-0.4, -0.2) is 87.5 Å². The van der Waals surface area contributed by atoms with E-state index in [1.165, 1.54) is 45.8 Å². The lowest BCUT2D eigenvalue weighted by molar-refractivity contribution is 0.626. The Kier molecular flexibility index (Phi) is 38.9. The molecule has 7 aromatic heterocycles. The first-order chi connectivity index (χ1) is 43.3. The van der Waals surface area contributed by atoms with Crippen LogP contribution in [0.4, 0.5) is 4.39 Å². The molecule has 21 heteroatoms. The molecule has 2 aromatic carbocycles. The maximum Gasteiger partial charge on any atom is 0.141 e. The molecule has 20 nitrogen and oxygen atoms in total. The van der Waals surface area contributed by atoms with E-state index in [0.717, 1.165) is 121 Å². The minimum absolute atomic E-state index is 0.152. The standard InChI is InChI=1S/C11H12FN.C11H13N.C8H12N2.C7H11N3.2C7H10N2.2C6H9N3.C5H7N3/c12-10-3-4-11-8(5-6-13)1-2-9(11)7-10;12-8-7-10-6-5-9-3-1-2-4-11(9)10;9-5-1-2-8-3-6-10-7-4-8;1-6-4-10-7(2-3-8)5-9-6;1-6-2-7(3-8)5-9-4-6;1-6-7(5-8)3-2-4-9-6;1-5-8-3-6(2-7)4-9-5;7-2-1-6-3-8-5-9-4-6;6-4-5-7-2-1-3-8-5/h1,3-4,7H,2,5-6,13H2;1-4,6H,5,7-8,12H2;3-4,6-7H,1-2,5,9H2;4-5H,2-3,8H2,1H3;2,4-5H,3,8H2,1H3;2-4H,5,8H2,1H3;3-4H,2,7H2,1H3;3-5H,1-2,7H2;1-3H,4,6H2. The van der Waals surface area contributed by atoms with Gasteiger partial charge in [0, 0.05) is 118 Å². The molecule has 0 saturated carbocycles. The molecule has 0 saturated heterocycles. The van der Waals surface area contributed by atoms with Crippen LogP contribution in [0, 0.1) is 33.5 Å². The number of nitrogens with two attached hydrogens (primary N) is 9. The Labute approximate surface area is 525 Å². The maximum absolute atomic E-state index is 12.8. The number of aryl methyl sites for hydroxylation is 5. The Morgan fingerprint density at radius 2 is 1.03 bits per heavy atom. The third kappa shape index (κ3) is 31.7. The highest BCUT2D eigenvalue weighted by atomic mass is 19.1. The summed E-state index contributed by atoms with van der Waals surface area (Å²) >= 11 is 0. The van der Waals surface area contributed by atoms with Gasteiger partial charge in [-0.1, -0.05) is 54.6 Å². The van der Waals surface area contributed by atoms with Crippen molar-refractivity contribution in [3.05, 3.63) is 268 Å². The van der Waals surface area contributed by atoms with E-state index in [2.05, 4.69) is 91.2 Å². The zero-order valence-corrected chi connectivity index (χ0v) is 52.3. The van der Waals surface area contributed by atoms with Gasteiger partial charge in [0.1, 0.15) is 23.8 Å². The molecule has 11 rings (SSSR count). The van der Waals surface area contributed by atoms with Gasteiger partial charge < -0.3 is 51.6 Å². The molecular weight excluding hydrogens is 1120 g/mol. The van der Waals surface area contributed by atoms with Crippen molar-refractivity contribution in [3.63, 3.8) is 0 Å². The van der Waals surface area contributed by atoms with Gasteiger partial charge in [-0.25, -0.2) is 34.3 Å². The minimum Gasteiger partial charge on any atom is -0.330 e. The normalized spacial score (nSPS) is 10.9. The van der Waals surface area contributed by atoms with Crippen LogP contribution >= 0.6 is 0 Å². The summed E-state index contributed by atoms with van der Waals surface area (Å²) in [6.45, 7) is 13.3. The number of hydrogen-bond acceptors (Lipinski definition) is 20. The van der Waals surface area contributed by atoms with Crippen molar-refractivity contribution in [2.24, 2.45) is 51.6 Å². The number of hydrogen-bond donors (Lipinski definition) is 9. The molecule has 0 fully saturated rings. The first-order valence-electron chi connectivity index (χ1n) is 29.7. The number of aromatic nitrogens is 11. The van der Waals surface area contributed by atoms with Gasteiger partial charge in [0.15, 0.2) is 0 Å². The average Bonchev–Trinajstić information content (AvgIpc) is 3.87. The first-order valence-corrected chi connectivity index (χ1v) is 29.7. The van der Waals surface area contributed by atoms with E-state index in [1.54, 1.807) is 74.1 Å². The summed E-state index contributed by atoms with van der Waals surface area (Å²) in [6, 6.07) is 25.3. The van der Waals surface area contributed by atoms with Crippen molar-refractivity contribution in [1.82, 2.24) is 54.8 Å². The van der Waals surface area contributed by atoms with Crippen molar-refractivity contribution in [2.45, 2.75) is 105 Å². The van der Waals surface area contributed by atoms with Crippen molar-refractivity contribution < 1.29 is 4.39 Å². The number of nitrogens with zero attached hydrogens (tertiary/aromatic N) is 11. The summed E-state index contributed by atoms with van der Waals surface area (Å²) in [5, 5.41) is 0. The fourth-order valence-electron chi connectivity index (χ4n) is 8.13. The maximum atomic E-state index is 12.8. The van der Waals surface area contributed by atoms with E-state index in [9.17, 15) is 4.39 Å². The topological polar surface area (TPSA) is 376 Å². The third-order valence-corrected chi connectivity index (χ3v) is 12.8. The van der Waals surface area contributed by atoms with Crippen molar-refractivity contribution >= 4 is 11.1 Å². The van der Waals surface area contributed by atoms with E-state index >= 15 is 0 Å². The van der Waals surface area contributed by atoms with Gasteiger partial charge in [-0.2, -0.15) is 0 Å². The molecule has 0 atom stereocenters. The Hall–Kier alpha value is -8.74. The molecule has 9 aromatic rings. The monoisotopic (exact) mass is 1210 g/mol. The van der Waals surface area contributed by atoms with E-state index in [-0.39, 0.29) is 5.82 Å². The molecule has 89 heavy (non-hydrogen) atoms. The fourth-order valence-corrected chi connectivity index (χ4v) is 8.13. The first kappa shape index (κ1) is 74.5. The third-order valence-electron chi connectivity index (χ3n) is 12.8. The Morgan fingerprint density at radius 1 is 0.416 bits per heavy atom. The second-order valence-electron chi connectivity index (χ2n) is 19.9. The van der Waals surface area contributed by atoms with E-state index in [0.29, 0.717) is 51.6 Å². The van der Waals surface area contributed by atoms with Gasteiger partial charge >= 0.3 is 0 Å². The summed E-state index contributed by atoms with van der Waals surface area (Å²) < 4.78 is 12.8. The molecule has 0 radical (unpaired) electrons. The molecule has 0 unspecified atom stereocenters. The predicted molar refractivity (Wildman–Crippen MR) is 358 cm³/mol. The Balaban J connectivity index is 0.000000263. The van der Waals surface area contributed by atoms with Crippen LogP contribution in [0.5, 0.6) is 0 Å². The minimum atomic E-state index is -0.152. The molecule has 0 bridgehead atoms. The number of rotatable bonds is 15. The molecule has 0 aliphatic heterocycles. The quantitative estimate of drug-likeness (QED) is 0.0489. The number of benzene rings is 2. The average molecular weight is 1210 g/mol. The molecule has 0 amide bonds. The lowest BCUT2D eigenvalue weighted by Crippen LogP contribution is -2.04. The van der Waals surface area contributed by atoms with E-state index in [4.69, 9.17) is 51.6 Å². The van der Waals surface area contributed by atoms with Crippen LogP contribution in [0.2, 0.25) is 0 Å². The summed E-state index contributed by atoms with van der Waals surface area (Å²) in [7, 11) is 0. The molecule has 2 aliphatic carbocycles. The van der Waals surface area contributed by atoms with Gasteiger partial charge in [-0.15, -0.1) is 0 Å². The molecule has 2 aliphatic rings. The lowest BCUT2D eigenvalue weighted by Gasteiger charge is -2.03. The molecule has 472 valence electrons. The zero-order valence-electron chi connectivity index (χ0n) is 52.3. The van der Waals surface area contributed by atoms with E-state index < -0.39 is 0 Å². The van der Waals surface area contributed by atoms with Crippen LogP contribution in [0.25, 0.3) is 11.1 Å². The Morgan fingerprint density at radius 3 is 1.57 bits per heavy atom. The SMILES string of the molecule is Cc1cnc(CCN)cn1.Cc1cncc(CN)c1.Cc1ncc(CN)cn1.Cc1ncccc1CN.NCCC1=CCc2cc(F)ccc21.NCCC1=CCc2ccccc21.NCCCc1ccncc1.NCCc1cncnc1.NCc1ncccn1. The lowest BCUT2D eigenvalue weighted by atomic mass is 10.0. The summed E-state index contributed by atoms with van der Waals surface area (Å²) in [5.41, 5.74) is 65.8. The highest BCUT2D eigenvalue weighted by molar-refractivity contribution is 5.73. The summed E-state index contributed by atoms with van der Waals surface area (Å²) in [4.78, 5) is 43.5. The van der Waals surface area contributed by atoms with Crippen LogP contribution in [-0.2, 0) is 58.3 Å². The highest BCUT2D eigenvalue weighted by Gasteiger charge is 2.14. The summed E-state index contributed by atoms with van der Waals surface area (Å²) in [5.74, 6) is 1.32. The number of pyridine rings is 3. The van der Waals surface area contributed by atoms with Crippen molar-refractivity contribution in [1.29, 1.82) is 0 Å². The largest absolute Gasteiger partial charge is 0.330 e. The smallest absolute Gasteiger partial charge is 0.141 e. The molecule has 18 N–H and O–H groups in total. The molecule has 0 spiro atoms. The van der Waals surface area contributed by atoms with Gasteiger partial charge in [0.05, 0.1) is 17.9 Å². The van der Waals surface area contributed by atoms with Crippen LogP contribution < -0.4 is 51.6 Å². The van der Waals surface area contributed by atoms with Gasteiger partial charge in [0.2, 0.25) is 0 Å². The molecular formula is C68H93FN20. The van der Waals surface area contributed by atoms with Crippen LogP contribution in [0.3, 0.4) is 0 Å². The highest BCUT2D eigenvalue weighted by Crippen LogP contribution is 2.30. The number of halogens is 1. The second kappa shape index (κ2) is 46.4. The van der Waals surface area contributed by atoms with Crippen LogP contribution in [0.15, 0.2) is 178 Å². The second-order valence-corrected chi connectivity index (χ2v) is 19.9. The van der Waals surface area contributed by atoms with Gasteiger partial charge in [-0.3, -0.25) is 24.9 Å². The van der Waals surface area contributed by atoms with Gasteiger partial charge in [0.25, 0.3) is 0 Å². The Bertz CT molecular complexity index is 3320. The van der Waals surface area contributed by atoms with Crippen molar-refractivity contribution in [2.75, 3.05) is 32.7 Å². The van der Waals surface area contributed by atoms with Crippen molar-refractivity contribution in [3.8, 4) is 0 Å². The molecule has 7 heterocycles. The number of fused-ring (bicyclic) bond motifs is 2.